The van der Waals surface area contributed by atoms with Gasteiger partial charge in [0.1, 0.15) is 11.5 Å². The molecule has 0 aliphatic carbocycles. The van der Waals surface area contributed by atoms with Crippen molar-refractivity contribution in [2.24, 2.45) is 10.9 Å². The molecule has 174 valence electrons. The summed E-state index contributed by atoms with van der Waals surface area (Å²) >= 11 is 0. The fourth-order valence-electron chi connectivity index (χ4n) is 5.75. The van der Waals surface area contributed by atoms with E-state index < -0.39 is 17.6 Å². The van der Waals surface area contributed by atoms with Crippen molar-refractivity contribution >= 4 is 34.6 Å². The van der Waals surface area contributed by atoms with Crippen molar-refractivity contribution in [3.05, 3.63) is 126 Å². The van der Waals surface area contributed by atoms with Gasteiger partial charge in [0.15, 0.2) is 6.10 Å². The van der Waals surface area contributed by atoms with E-state index in [0.717, 1.165) is 22.5 Å². The van der Waals surface area contributed by atoms with Crippen molar-refractivity contribution in [3.8, 4) is 0 Å². The molecule has 0 unspecified atom stereocenters. The summed E-state index contributed by atoms with van der Waals surface area (Å²) in [5.41, 5.74) is 3.40. The smallest absolute Gasteiger partial charge is 0.266 e. The number of fused-ring (bicyclic) bond motifs is 5. The first-order chi connectivity index (χ1) is 17.7. The van der Waals surface area contributed by atoms with Gasteiger partial charge in [-0.3, -0.25) is 14.4 Å². The largest absolute Gasteiger partial charge is 0.273 e. The molecule has 7 rings (SSSR count). The molecule has 6 nitrogen and oxygen atoms in total. The average molecular weight is 472 g/mol. The number of imide groups is 1. The highest BCUT2D eigenvalue weighted by Gasteiger charge is 2.72. The predicted octanol–water partition coefficient (Wildman–Crippen LogP) is 5.03. The molecule has 2 amide bonds. The molecule has 6 heteroatoms. The Hall–Kier alpha value is -4.55. The summed E-state index contributed by atoms with van der Waals surface area (Å²) in [6.07, 6.45) is -0.966. The van der Waals surface area contributed by atoms with E-state index in [9.17, 15) is 9.59 Å². The molecule has 3 heterocycles. The minimum atomic E-state index is -1.11. The number of aliphatic imine (C=N–C) groups is 1. The Morgan fingerprint density at radius 3 is 2.03 bits per heavy atom. The summed E-state index contributed by atoms with van der Waals surface area (Å²) in [5.74, 6) is -1.48. The van der Waals surface area contributed by atoms with E-state index >= 15 is 0 Å². The highest BCUT2D eigenvalue weighted by atomic mass is 16.7. The number of carbonyl (C=O) groups is 2. The van der Waals surface area contributed by atoms with Crippen LogP contribution in [0.15, 0.2) is 120 Å². The first-order valence-corrected chi connectivity index (χ1v) is 11.9. The predicted molar refractivity (Wildman–Crippen MR) is 137 cm³/mol. The number of hydrogen-bond donors (Lipinski definition) is 0. The topological polar surface area (TPSA) is 62.2 Å². The number of hydrogen-bond acceptors (Lipinski definition) is 5. The zero-order valence-corrected chi connectivity index (χ0v) is 19.2. The summed E-state index contributed by atoms with van der Waals surface area (Å²) in [6.45, 7) is 0. The summed E-state index contributed by atoms with van der Waals surface area (Å²) in [6, 6.07) is 36.3. The van der Waals surface area contributed by atoms with Crippen molar-refractivity contribution in [2.45, 2.75) is 11.6 Å². The van der Waals surface area contributed by atoms with Crippen LogP contribution in [0.1, 0.15) is 11.1 Å². The average Bonchev–Trinajstić information content (AvgIpc) is 3.51. The van der Waals surface area contributed by atoms with Gasteiger partial charge in [-0.2, -0.15) is 0 Å². The lowest BCUT2D eigenvalue weighted by Gasteiger charge is -2.36. The van der Waals surface area contributed by atoms with Crippen LogP contribution in [0.4, 0.5) is 17.1 Å². The number of benzene rings is 4. The van der Waals surface area contributed by atoms with Crippen LogP contribution in [0.3, 0.4) is 0 Å². The van der Waals surface area contributed by atoms with Crippen LogP contribution >= 0.6 is 0 Å². The Bertz CT molecular complexity index is 1520. The van der Waals surface area contributed by atoms with Gasteiger partial charge < -0.3 is 0 Å². The summed E-state index contributed by atoms with van der Waals surface area (Å²) < 4.78 is 0. The number of hydroxylamine groups is 1. The molecule has 0 saturated carbocycles. The molecule has 0 aromatic heterocycles. The van der Waals surface area contributed by atoms with Gasteiger partial charge in [-0.15, -0.1) is 0 Å². The lowest BCUT2D eigenvalue weighted by Crippen LogP contribution is -2.51. The van der Waals surface area contributed by atoms with Crippen LogP contribution in [0.25, 0.3) is 0 Å². The maximum atomic E-state index is 14.2. The third-order valence-corrected chi connectivity index (χ3v) is 7.21. The Labute approximate surface area is 208 Å². The number of para-hydroxylation sites is 3. The Kier molecular flexibility index (Phi) is 4.46. The second kappa shape index (κ2) is 7.73. The van der Waals surface area contributed by atoms with Crippen LogP contribution in [-0.4, -0.2) is 23.6 Å². The van der Waals surface area contributed by atoms with Crippen molar-refractivity contribution in [1.82, 2.24) is 0 Å². The molecule has 4 aromatic carbocycles. The van der Waals surface area contributed by atoms with Gasteiger partial charge in [-0.25, -0.2) is 15.0 Å². The molecule has 3 aliphatic rings. The van der Waals surface area contributed by atoms with Gasteiger partial charge in [0, 0.05) is 5.56 Å². The molecule has 0 N–H and O–H groups in total. The van der Waals surface area contributed by atoms with Gasteiger partial charge in [0.05, 0.1) is 22.8 Å². The number of amides is 2. The van der Waals surface area contributed by atoms with Crippen molar-refractivity contribution in [3.63, 3.8) is 0 Å². The van der Waals surface area contributed by atoms with E-state index in [1.807, 2.05) is 103 Å². The maximum absolute atomic E-state index is 14.2. The SMILES string of the molecule is O=C1[C@H]2ON3c4ccccc4C(=Nc4ccccc4)[C@@]3(c3ccccc3)[C@H]2C(=O)N1c1ccccc1. The molecule has 0 spiro atoms. The van der Waals surface area contributed by atoms with Crippen LogP contribution in [0.5, 0.6) is 0 Å². The fourth-order valence-corrected chi connectivity index (χ4v) is 5.75. The van der Waals surface area contributed by atoms with E-state index in [-0.39, 0.29) is 11.8 Å². The molecule has 3 aliphatic heterocycles. The number of anilines is 2. The van der Waals surface area contributed by atoms with Gasteiger partial charge >= 0.3 is 0 Å². The third kappa shape index (κ3) is 2.67. The molecule has 3 atom stereocenters. The fraction of sp³-hybridized carbons (Fsp3) is 0.100. The van der Waals surface area contributed by atoms with Crippen LogP contribution in [0, 0.1) is 5.92 Å². The summed E-state index contributed by atoms with van der Waals surface area (Å²) in [7, 11) is 0. The van der Waals surface area contributed by atoms with Gasteiger partial charge in [-0.1, -0.05) is 84.9 Å². The lowest BCUT2D eigenvalue weighted by molar-refractivity contribution is -0.126. The van der Waals surface area contributed by atoms with Crippen LogP contribution < -0.4 is 9.96 Å². The minimum absolute atomic E-state index is 0.295. The van der Waals surface area contributed by atoms with E-state index in [1.165, 1.54) is 4.90 Å². The van der Waals surface area contributed by atoms with Crippen molar-refractivity contribution in [2.75, 3.05) is 9.96 Å². The third-order valence-electron chi connectivity index (χ3n) is 7.21. The zero-order chi connectivity index (χ0) is 24.3. The monoisotopic (exact) mass is 471 g/mol. The van der Waals surface area contributed by atoms with Gasteiger partial charge in [0.2, 0.25) is 5.91 Å². The van der Waals surface area contributed by atoms with Crippen LogP contribution in [0.2, 0.25) is 0 Å². The standard InChI is InChI=1S/C30H21N3O3/c34-28-25-26(29(35)32(28)22-16-8-3-9-17-22)36-33-24-19-11-10-18-23(24)27(31-21-14-6-2-7-15-21)30(25,33)20-12-4-1-5-13-20/h1-19,25-26H/t25-,26+,30-/m1/s1. The van der Waals surface area contributed by atoms with E-state index in [0.29, 0.717) is 11.4 Å². The second-order valence-electron chi connectivity index (χ2n) is 9.09. The van der Waals surface area contributed by atoms with E-state index in [4.69, 9.17) is 9.83 Å². The molecule has 2 fully saturated rings. The number of rotatable bonds is 3. The maximum Gasteiger partial charge on any atom is 0.266 e. The van der Waals surface area contributed by atoms with Gasteiger partial charge in [-0.05, 0) is 35.9 Å². The Balaban J connectivity index is 1.51. The zero-order valence-electron chi connectivity index (χ0n) is 19.2. The Morgan fingerprint density at radius 2 is 1.31 bits per heavy atom. The number of carbonyl (C=O) groups excluding carboxylic acids is 2. The summed E-state index contributed by atoms with van der Waals surface area (Å²) in [5, 5.41) is 1.76. The minimum Gasteiger partial charge on any atom is -0.273 e. The molecular formula is C30H21N3O3. The molecule has 2 saturated heterocycles. The lowest BCUT2D eigenvalue weighted by atomic mass is 9.73. The molecule has 4 aromatic rings. The van der Waals surface area contributed by atoms with E-state index in [2.05, 4.69) is 0 Å². The van der Waals surface area contributed by atoms with Crippen molar-refractivity contribution < 1.29 is 14.4 Å². The normalized spacial score (nSPS) is 25.3. The van der Waals surface area contributed by atoms with Gasteiger partial charge in [0.25, 0.3) is 5.91 Å². The summed E-state index contributed by atoms with van der Waals surface area (Å²) in [4.78, 5) is 40.7. The molecule has 36 heavy (non-hydrogen) atoms. The highest BCUT2D eigenvalue weighted by molar-refractivity contribution is 6.29. The first-order valence-electron chi connectivity index (χ1n) is 11.9. The van der Waals surface area contributed by atoms with Crippen LogP contribution in [-0.2, 0) is 20.0 Å². The molecular weight excluding hydrogens is 450 g/mol. The Morgan fingerprint density at radius 1 is 0.694 bits per heavy atom. The quantitative estimate of drug-likeness (QED) is 0.394. The molecule has 0 bridgehead atoms. The van der Waals surface area contributed by atoms with E-state index in [1.54, 1.807) is 17.2 Å². The first kappa shape index (κ1) is 20.8. The highest BCUT2D eigenvalue weighted by Crippen LogP contribution is 2.58. The molecule has 0 radical (unpaired) electrons. The van der Waals surface area contributed by atoms with Crippen molar-refractivity contribution in [1.29, 1.82) is 0 Å². The number of nitrogens with zero attached hydrogens (tertiary/aromatic N) is 3. The second-order valence-corrected chi connectivity index (χ2v) is 9.09.